The van der Waals surface area contributed by atoms with E-state index < -0.39 is 0 Å². The van der Waals surface area contributed by atoms with Crippen molar-refractivity contribution in [3.63, 3.8) is 0 Å². The lowest BCUT2D eigenvalue weighted by atomic mass is 9.98. The maximum Gasteiger partial charge on any atom is 0.176 e. The van der Waals surface area contributed by atoms with Crippen LogP contribution in [0.1, 0.15) is 145 Å². The van der Waals surface area contributed by atoms with Crippen molar-refractivity contribution in [1.29, 1.82) is 0 Å². The summed E-state index contributed by atoms with van der Waals surface area (Å²) in [6.45, 7) is 13.0. The number of nitrogens with one attached hydrogen (secondary N) is 1. The van der Waals surface area contributed by atoms with Gasteiger partial charge in [-0.15, -0.1) is 0 Å². The molecule has 1 fully saturated rings. The first kappa shape index (κ1) is 42.4. The lowest BCUT2D eigenvalue weighted by Crippen LogP contribution is -2.18. The number of aldehydes is 1. The van der Waals surface area contributed by atoms with Crippen LogP contribution >= 0.6 is 0 Å². The van der Waals surface area contributed by atoms with Crippen molar-refractivity contribution < 1.29 is 18.9 Å². The average molecular weight is 688 g/mol. The van der Waals surface area contributed by atoms with E-state index in [1.807, 2.05) is 32.3 Å². The van der Waals surface area contributed by atoms with E-state index in [1.165, 1.54) is 80.5 Å². The molecular weight excluding hydrogens is 620 g/mol. The second-order valence-corrected chi connectivity index (χ2v) is 13.9. The molecule has 1 unspecified atom stereocenters. The topological polar surface area (TPSA) is 74.5 Å². The van der Waals surface area contributed by atoms with Crippen LogP contribution in [-0.2, 0) is 9.53 Å². The highest BCUT2D eigenvalue weighted by molar-refractivity contribution is 6.08. The Morgan fingerprint density at radius 3 is 2.28 bits per heavy atom. The van der Waals surface area contributed by atoms with Crippen molar-refractivity contribution in [3.8, 4) is 0 Å². The number of fused-ring (bicyclic) bond motifs is 1. The summed E-state index contributed by atoms with van der Waals surface area (Å²) >= 11 is 0. The Kier molecular flexibility index (Phi) is 20.0. The van der Waals surface area contributed by atoms with E-state index in [9.17, 15) is 9.59 Å². The van der Waals surface area contributed by atoms with Crippen LogP contribution < -0.4 is 10.2 Å². The summed E-state index contributed by atoms with van der Waals surface area (Å²) in [4.78, 5) is 28.8. The van der Waals surface area contributed by atoms with Crippen LogP contribution in [0.2, 0.25) is 0 Å². The minimum Gasteiger partial charge on any atom is -0.500 e. The first-order chi connectivity index (χ1) is 24.1. The number of unbranched alkanes of at least 4 members (excludes halogenated alkanes) is 3. The maximum absolute atomic E-state index is 11.6. The Labute approximate surface area is 304 Å². The van der Waals surface area contributed by atoms with Crippen LogP contribution in [-0.4, -0.2) is 55.6 Å². The second-order valence-electron chi connectivity index (χ2n) is 13.9. The van der Waals surface area contributed by atoms with Crippen molar-refractivity contribution in [1.82, 2.24) is 4.98 Å². The fourth-order valence-electron chi connectivity index (χ4n) is 6.24. The van der Waals surface area contributed by atoms with Gasteiger partial charge in [-0.05, 0) is 75.9 Å². The number of anilines is 2. The number of aryl methyl sites for hydroxylation is 2. The van der Waals surface area contributed by atoms with Gasteiger partial charge >= 0.3 is 0 Å². The molecule has 1 N–H and O–H groups in total. The first-order valence-corrected chi connectivity index (χ1v) is 19.2. The van der Waals surface area contributed by atoms with Crippen molar-refractivity contribution >= 4 is 35.2 Å². The van der Waals surface area contributed by atoms with E-state index in [-0.39, 0.29) is 5.78 Å². The van der Waals surface area contributed by atoms with Gasteiger partial charge in [0.1, 0.15) is 37.0 Å². The minimum absolute atomic E-state index is 0.0514. The maximum atomic E-state index is 11.6. The molecule has 0 amide bonds. The standard InChI is InChI=1S/C15H19N2O2.C13H18N2.C10H20O.C5H10/c1-10-7-12(11(2)18)8-14(16-10)13-9-17(3)6-5-15(13)19-4;1-4-5-6-13-14-11-8-7-10(2)9-12(11)15(13)3;1-3-5-6-8-10(9-11)7-4-2;1-2-4-5-3-1/h7-9H,5-6H2,1-4H3;6-9,14H,4-5H2,1-3H3;9-10H,3-8H2,1-2H3;1-5H2/q+1;;;/b;13-6-;;. The van der Waals surface area contributed by atoms with Crippen LogP contribution in [0.5, 0.6) is 0 Å². The number of Topliss-reactive ketones (excluding diaryl/α,β-unsaturated/α-hetero) is 1. The molecule has 1 saturated carbocycles. The molecule has 0 radical (unpaired) electrons. The summed E-state index contributed by atoms with van der Waals surface area (Å²) in [5.74, 6) is 2.52. The van der Waals surface area contributed by atoms with Crippen molar-refractivity contribution in [3.05, 3.63) is 70.5 Å². The average Bonchev–Trinajstić information content (AvgIpc) is 3.80. The number of benzene rings is 1. The molecule has 5 rings (SSSR count). The smallest absolute Gasteiger partial charge is 0.176 e. The summed E-state index contributed by atoms with van der Waals surface area (Å²) < 4.78 is 7.55. The van der Waals surface area contributed by atoms with Crippen LogP contribution in [0.4, 0.5) is 11.4 Å². The van der Waals surface area contributed by atoms with E-state index in [2.05, 4.69) is 78.8 Å². The van der Waals surface area contributed by atoms with Crippen LogP contribution in [0.25, 0.3) is 5.57 Å². The number of ether oxygens (including phenoxy) is 1. The van der Waals surface area contributed by atoms with Gasteiger partial charge in [0.25, 0.3) is 0 Å². The Bertz CT molecular complexity index is 1430. The number of hydrogen-bond donors (Lipinski definition) is 1. The molecule has 2 aliphatic heterocycles. The number of rotatable bonds is 12. The molecule has 7 heteroatoms. The zero-order valence-electron chi connectivity index (χ0n) is 32.9. The number of carbonyl (C=O) groups is 2. The largest absolute Gasteiger partial charge is 0.500 e. The third-order valence-electron chi connectivity index (χ3n) is 9.27. The number of nitrogens with zero attached hydrogens (tertiary/aromatic N) is 3. The highest BCUT2D eigenvalue weighted by atomic mass is 16.5. The Morgan fingerprint density at radius 1 is 1.00 bits per heavy atom. The van der Waals surface area contributed by atoms with Gasteiger partial charge in [-0.3, -0.25) is 9.78 Å². The molecule has 1 aliphatic carbocycles. The summed E-state index contributed by atoms with van der Waals surface area (Å²) in [6, 6.07) is 10.1. The van der Waals surface area contributed by atoms with Crippen LogP contribution in [0.15, 0.2) is 48.0 Å². The Hall–Kier alpha value is -3.74. The fraction of sp³-hybridized carbons (Fsp3) is 0.581. The summed E-state index contributed by atoms with van der Waals surface area (Å²) in [5, 5.41) is 3.43. The SMILES string of the molecule is C1CCCC1.CCC/C=C1/Nc2ccc(C)cc2N1C.CCCCCC(C=O)CCC.COC1=C(c2cc(C(C)=O)cc(C)n2)C=[N+](C)CC1. The Morgan fingerprint density at radius 2 is 1.70 bits per heavy atom. The fourth-order valence-corrected chi connectivity index (χ4v) is 6.24. The molecule has 1 atom stereocenters. The number of methoxy groups -OCH3 is 1. The minimum atomic E-state index is 0.0514. The lowest BCUT2D eigenvalue weighted by Gasteiger charge is -2.14. The highest BCUT2D eigenvalue weighted by Gasteiger charge is 2.21. The number of allylic oxidation sites excluding steroid dienone is 2. The normalized spacial score (nSPS) is 16.1. The molecule has 3 heterocycles. The van der Waals surface area contributed by atoms with Gasteiger partial charge in [-0.1, -0.05) is 91.0 Å². The highest BCUT2D eigenvalue weighted by Crippen LogP contribution is 2.35. The molecular formula is C43H67N4O3+. The molecule has 50 heavy (non-hydrogen) atoms. The van der Waals surface area contributed by atoms with Gasteiger partial charge in [0.2, 0.25) is 0 Å². The van der Waals surface area contributed by atoms with Crippen LogP contribution in [0.3, 0.4) is 0 Å². The van der Waals surface area contributed by atoms with E-state index in [4.69, 9.17) is 4.74 Å². The third-order valence-corrected chi connectivity index (χ3v) is 9.27. The Balaban J connectivity index is 0.000000250. The number of pyridine rings is 1. The zero-order valence-corrected chi connectivity index (χ0v) is 32.9. The van der Waals surface area contributed by atoms with Crippen molar-refractivity contribution in [2.24, 2.45) is 5.92 Å². The van der Waals surface area contributed by atoms with Gasteiger partial charge < -0.3 is 19.7 Å². The van der Waals surface area contributed by atoms with Gasteiger partial charge in [-0.25, -0.2) is 4.58 Å². The monoisotopic (exact) mass is 688 g/mol. The predicted octanol–water partition coefficient (Wildman–Crippen LogP) is 10.7. The third kappa shape index (κ3) is 14.6. The van der Waals surface area contributed by atoms with E-state index >= 15 is 0 Å². The van der Waals surface area contributed by atoms with Gasteiger partial charge in [0.15, 0.2) is 12.0 Å². The molecule has 276 valence electrons. The summed E-state index contributed by atoms with van der Waals surface area (Å²) in [5.41, 5.74) is 7.08. The molecule has 0 saturated heterocycles. The van der Waals surface area contributed by atoms with Crippen LogP contribution in [0, 0.1) is 19.8 Å². The molecule has 7 nitrogen and oxygen atoms in total. The molecule has 0 spiro atoms. The van der Waals surface area contributed by atoms with Gasteiger partial charge in [-0.2, -0.15) is 0 Å². The molecule has 2 aromatic rings. The molecule has 3 aliphatic rings. The van der Waals surface area contributed by atoms with Gasteiger partial charge in [0, 0.05) is 24.2 Å². The summed E-state index contributed by atoms with van der Waals surface area (Å²) in [6.07, 6.45) is 23.1. The number of ketones is 1. The van der Waals surface area contributed by atoms with Gasteiger partial charge in [0.05, 0.1) is 30.6 Å². The van der Waals surface area contributed by atoms with E-state index in [1.54, 1.807) is 14.0 Å². The summed E-state index contributed by atoms with van der Waals surface area (Å²) in [7, 11) is 5.81. The van der Waals surface area contributed by atoms with Crippen molar-refractivity contribution in [2.45, 2.75) is 131 Å². The number of carbonyl (C=O) groups excluding carboxylic acids is 2. The molecule has 1 aromatic carbocycles. The lowest BCUT2D eigenvalue weighted by molar-refractivity contribution is -0.492. The van der Waals surface area contributed by atoms with E-state index in [0.29, 0.717) is 11.5 Å². The molecule has 0 bridgehead atoms. The second kappa shape index (κ2) is 23.6. The number of aromatic nitrogens is 1. The molecule has 1 aromatic heterocycles. The quantitative estimate of drug-likeness (QED) is 0.104. The first-order valence-electron chi connectivity index (χ1n) is 19.2. The number of hydrogen-bond acceptors (Lipinski definition) is 6. The van der Waals surface area contributed by atoms with Crippen molar-refractivity contribution in [2.75, 3.05) is 38.0 Å². The van der Waals surface area contributed by atoms with E-state index in [0.717, 1.165) is 67.7 Å². The zero-order chi connectivity index (χ0) is 36.9. The predicted molar refractivity (Wildman–Crippen MR) is 213 cm³/mol.